The number of hydrogen-bond acceptors (Lipinski definition) is 5. The number of ether oxygens (including phenoxy) is 3. The number of benzene rings is 3. The number of carbonyl (C=O) groups excluding carboxylic acids is 2. The van der Waals surface area contributed by atoms with E-state index in [9.17, 15) is 14.0 Å². The molecule has 3 aromatic carbocycles. The second-order valence-electron chi connectivity index (χ2n) is 10.6. The number of likely N-dealkylation sites (tertiary alicyclic amines) is 1. The van der Waals surface area contributed by atoms with Crippen LogP contribution in [-0.4, -0.2) is 56.7 Å². The smallest absolute Gasteiger partial charge is 0.261 e. The molecule has 0 unspecified atom stereocenters. The Balaban J connectivity index is 1.38. The van der Waals surface area contributed by atoms with Gasteiger partial charge in [-0.3, -0.25) is 9.59 Å². The monoisotopic (exact) mass is 568 g/mol. The summed E-state index contributed by atoms with van der Waals surface area (Å²) in [7, 11) is 2.34. The number of carbonyl (C=O) groups is 2. The van der Waals surface area contributed by atoms with Crippen LogP contribution in [0.3, 0.4) is 0 Å². The molecule has 2 amide bonds. The van der Waals surface area contributed by atoms with Crippen LogP contribution in [0.5, 0.6) is 17.2 Å². The standard InChI is InChI=1S/C31H31F3N2O5/c1-18(2)41-19-9-10-20(23(32)15-19)30(38)36-17-31(22-7-5-6-8-24(22)36)11-13-35(14-12-31)29(37)21-16-25(39-3)27(34)28(40-4)26(21)33/h5-10,15-16,18H,11-14,17H2,1-4H3. The van der Waals surface area contributed by atoms with Gasteiger partial charge in [0.25, 0.3) is 11.8 Å². The van der Waals surface area contributed by atoms with Crippen molar-refractivity contribution >= 4 is 17.5 Å². The number of anilines is 1. The first-order valence-electron chi connectivity index (χ1n) is 13.4. The third-order valence-electron chi connectivity index (χ3n) is 7.80. The SMILES string of the molecule is COc1cc(C(=O)N2CCC3(CC2)CN(C(=O)c2ccc(OC(C)C)cc2F)c2ccccc23)c(F)c(OC)c1F. The molecule has 0 aromatic heterocycles. The maximum atomic E-state index is 15.0. The quantitative estimate of drug-likeness (QED) is 0.379. The number of para-hydroxylation sites is 1. The van der Waals surface area contributed by atoms with Gasteiger partial charge in [-0.2, -0.15) is 4.39 Å². The Morgan fingerprint density at radius 3 is 2.22 bits per heavy atom. The molecule has 7 nitrogen and oxygen atoms in total. The van der Waals surface area contributed by atoms with Crippen molar-refractivity contribution in [1.82, 2.24) is 4.90 Å². The lowest BCUT2D eigenvalue weighted by atomic mass is 9.74. The number of hydrogen-bond donors (Lipinski definition) is 0. The van der Waals surface area contributed by atoms with Crippen molar-refractivity contribution in [1.29, 1.82) is 0 Å². The van der Waals surface area contributed by atoms with E-state index in [2.05, 4.69) is 0 Å². The molecular weight excluding hydrogens is 537 g/mol. The average molecular weight is 569 g/mol. The summed E-state index contributed by atoms with van der Waals surface area (Å²) in [5, 5.41) is 0. The van der Waals surface area contributed by atoms with E-state index in [1.165, 1.54) is 24.1 Å². The summed E-state index contributed by atoms with van der Waals surface area (Å²) in [6, 6.07) is 12.8. The highest BCUT2D eigenvalue weighted by Crippen LogP contribution is 2.48. The molecule has 1 spiro atoms. The molecule has 0 bridgehead atoms. The predicted molar refractivity (Wildman–Crippen MR) is 147 cm³/mol. The number of fused-ring (bicyclic) bond motifs is 2. The van der Waals surface area contributed by atoms with Gasteiger partial charge in [0.1, 0.15) is 11.6 Å². The van der Waals surface area contributed by atoms with Crippen LogP contribution in [0.15, 0.2) is 48.5 Å². The van der Waals surface area contributed by atoms with Gasteiger partial charge in [-0.15, -0.1) is 0 Å². The predicted octanol–water partition coefficient (Wildman–Crippen LogP) is 5.74. The first-order valence-corrected chi connectivity index (χ1v) is 13.4. The van der Waals surface area contributed by atoms with Gasteiger partial charge in [-0.05, 0) is 56.5 Å². The normalized spacial score (nSPS) is 15.7. The second-order valence-corrected chi connectivity index (χ2v) is 10.6. The number of nitrogens with zero attached hydrogens (tertiary/aromatic N) is 2. The average Bonchev–Trinajstić information content (AvgIpc) is 3.27. The molecule has 2 aliphatic rings. The Labute approximate surface area is 236 Å². The van der Waals surface area contributed by atoms with Gasteiger partial charge >= 0.3 is 0 Å². The maximum absolute atomic E-state index is 15.0. The summed E-state index contributed by atoms with van der Waals surface area (Å²) in [6.07, 6.45) is 0.836. The molecule has 0 atom stereocenters. The highest BCUT2D eigenvalue weighted by Gasteiger charge is 2.47. The van der Waals surface area contributed by atoms with Gasteiger partial charge in [0, 0.05) is 36.8 Å². The van der Waals surface area contributed by atoms with Gasteiger partial charge in [0.05, 0.1) is 31.5 Å². The molecule has 0 saturated carbocycles. The molecule has 0 aliphatic carbocycles. The zero-order valence-electron chi connectivity index (χ0n) is 23.3. The van der Waals surface area contributed by atoms with Crippen LogP contribution in [0.2, 0.25) is 0 Å². The molecule has 2 heterocycles. The van der Waals surface area contributed by atoms with E-state index in [0.717, 1.165) is 18.7 Å². The Hall–Kier alpha value is -4.21. The van der Waals surface area contributed by atoms with Crippen LogP contribution in [0.1, 0.15) is 53.0 Å². The summed E-state index contributed by atoms with van der Waals surface area (Å²) < 4.78 is 59.8. The minimum atomic E-state index is -1.09. The number of piperidine rings is 1. The van der Waals surface area contributed by atoms with Crippen LogP contribution >= 0.6 is 0 Å². The number of rotatable bonds is 6. The Kier molecular flexibility index (Phi) is 7.59. The van der Waals surface area contributed by atoms with Crippen molar-refractivity contribution in [2.24, 2.45) is 0 Å². The lowest BCUT2D eigenvalue weighted by Crippen LogP contribution is -2.48. The van der Waals surface area contributed by atoms with Crippen molar-refractivity contribution in [2.75, 3.05) is 38.8 Å². The zero-order valence-corrected chi connectivity index (χ0v) is 23.3. The third-order valence-corrected chi connectivity index (χ3v) is 7.80. The molecule has 10 heteroatoms. The van der Waals surface area contributed by atoms with Crippen molar-refractivity contribution in [3.63, 3.8) is 0 Å². The first kappa shape index (κ1) is 28.3. The van der Waals surface area contributed by atoms with E-state index in [4.69, 9.17) is 14.2 Å². The van der Waals surface area contributed by atoms with Gasteiger partial charge in [0.15, 0.2) is 17.3 Å². The minimum absolute atomic E-state index is 0.0600. The van der Waals surface area contributed by atoms with Crippen molar-refractivity contribution < 1.29 is 37.0 Å². The van der Waals surface area contributed by atoms with E-state index < -0.39 is 40.4 Å². The Morgan fingerprint density at radius 2 is 1.59 bits per heavy atom. The van der Waals surface area contributed by atoms with E-state index in [1.54, 1.807) is 11.0 Å². The van der Waals surface area contributed by atoms with Gasteiger partial charge in [-0.25, -0.2) is 8.78 Å². The fourth-order valence-corrected chi connectivity index (χ4v) is 5.78. The van der Waals surface area contributed by atoms with Crippen LogP contribution in [0.25, 0.3) is 0 Å². The van der Waals surface area contributed by atoms with Crippen molar-refractivity contribution in [3.8, 4) is 17.2 Å². The molecule has 2 aliphatic heterocycles. The van der Waals surface area contributed by atoms with Gasteiger partial charge in [-0.1, -0.05) is 18.2 Å². The summed E-state index contributed by atoms with van der Waals surface area (Å²) in [5.41, 5.74) is 0.752. The summed E-state index contributed by atoms with van der Waals surface area (Å²) in [4.78, 5) is 30.0. The number of methoxy groups -OCH3 is 2. The first-order chi connectivity index (χ1) is 19.6. The van der Waals surface area contributed by atoms with Crippen LogP contribution < -0.4 is 19.1 Å². The van der Waals surface area contributed by atoms with Gasteiger partial charge in [0.2, 0.25) is 5.82 Å². The van der Waals surface area contributed by atoms with Crippen molar-refractivity contribution in [2.45, 2.75) is 38.2 Å². The molecule has 0 N–H and O–H groups in total. The lowest BCUT2D eigenvalue weighted by Gasteiger charge is -2.40. The van der Waals surface area contributed by atoms with Crippen LogP contribution in [0, 0.1) is 17.5 Å². The topological polar surface area (TPSA) is 68.3 Å². The molecule has 1 saturated heterocycles. The van der Waals surface area contributed by atoms with E-state index in [1.807, 2.05) is 38.1 Å². The van der Waals surface area contributed by atoms with Crippen molar-refractivity contribution in [3.05, 3.63) is 82.7 Å². The zero-order chi connectivity index (χ0) is 29.5. The fourth-order valence-electron chi connectivity index (χ4n) is 5.78. The summed E-state index contributed by atoms with van der Waals surface area (Å²) >= 11 is 0. The fraction of sp³-hybridized carbons (Fsp3) is 0.355. The number of amides is 2. The summed E-state index contributed by atoms with van der Waals surface area (Å²) in [5.74, 6) is -4.49. The van der Waals surface area contributed by atoms with E-state index >= 15 is 8.78 Å². The molecule has 41 heavy (non-hydrogen) atoms. The van der Waals surface area contributed by atoms with E-state index in [0.29, 0.717) is 30.8 Å². The molecule has 1 fully saturated rings. The molecule has 3 aromatic rings. The number of halogens is 3. The van der Waals surface area contributed by atoms with Crippen LogP contribution in [-0.2, 0) is 5.41 Å². The van der Waals surface area contributed by atoms with E-state index in [-0.39, 0.29) is 36.1 Å². The summed E-state index contributed by atoms with van der Waals surface area (Å²) in [6.45, 7) is 4.52. The van der Waals surface area contributed by atoms with Crippen LogP contribution in [0.4, 0.5) is 18.9 Å². The molecule has 0 radical (unpaired) electrons. The molecular formula is C31H31F3N2O5. The minimum Gasteiger partial charge on any atom is -0.494 e. The Morgan fingerprint density at radius 1 is 0.878 bits per heavy atom. The lowest BCUT2D eigenvalue weighted by molar-refractivity contribution is 0.0664. The largest absolute Gasteiger partial charge is 0.494 e. The highest BCUT2D eigenvalue weighted by molar-refractivity contribution is 6.08. The molecule has 216 valence electrons. The Bertz CT molecular complexity index is 1500. The maximum Gasteiger partial charge on any atom is 0.261 e. The third kappa shape index (κ3) is 4.96. The van der Waals surface area contributed by atoms with Gasteiger partial charge < -0.3 is 24.0 Å². The second kappa shape index (κ2) is 11.0. The molecule has 5 rings (SSSR count). The highest BCUT2D eigenvalue weighted by atomic mass is 19.1.